The van der Waals surface area contributed by atoms with Gasteiger partial charge in [-0.25, -0.2) is 4.79 Å². The smallest absolute Gasteiger partial charge is 0.336 e. The SMILES string of the molecule is COCC1OC(=O)C(=CN2CCN(CCCN(C)C)CC2)C2C(=O)C(=O)C3=C(C(OC(C)=O)CC4(C)C(O)CCC34)C12C. The van der Waals surface area contributed by atoms with Crippen molar-refractivity contribution in [3.8, 4) is 0 Å². The summed E-state index contributed by atoms with van der Waals surface area (Å²) in [5, 5.41) is 11.0. The minimum absolute atomic E-state index is 0.00719. The topological polar surface area (TPSA) is 126 Å². The van der Waals surface area contributed by atoms with Crippen LogP contribution in [0, 0.1) is 22.7 Å². The van der Waals surface area contributed by atoms with Crippen molar-refractivity contribution < 1.29 is 38.5 Å². The van der Waals surface area contributed by atoms with Crippen LogP contribution in [0.1, 0.15) is 46.5 Å². The maximum atomic E-state index is 14.2. The molecule has 2 saturated heterocycles. The number of ether oxygens (including phenoxy) is 3. The molecule has 0 radical (unpaired) electrons. The van der Waals surface area contributed by atoms with Gasteiger partial charge in [0.05, 0.1) is 24.2 Å². The predicted octanol–water partition coefficient (Wildman–Crippen LogP) is 1.19. The summed E-state index contributed by atoms with van der Waals surface area (Å²) >= 11 is 0. The first-order valence-electron chi connectivity index (χ1n) is 15.5. The second kappa shape index (κ2) is 12.1. The molecule has 5 aliphatic rings. The largest absolute Gasteiger partial charge is 0.458 e. The van der Waals surface area contributed by atoms with Crippen LogP contribution >= 0.6 is 0 Å². The Morgan fingerprint density at radius 1 is 1.14 bits per heavy atom. The molecular formula is C32H47N3O8. The van der Waals surface area contributed by atoms with Gasteiger partial charge in [-0.3, -0.25) is 19.3 Å². The number of hydrogen-bond acceptors (Lipinski definition) is 11. The number of carbonyl (C=O) groups excluding carboxylic acids is 4. The number of carbonyl (C=O) groups is 4. The molecule has 3 aliphatic carbocycles. The van der Waals surface area contributed by atoms with Crippen LogP contribution in [-0.2, 0) is 33.4 Å². The molecule has 43 heavy (non-hydrogen) atoms. The van der Waals surface area contributed by atoms with E-state index in [0.29, 0.717) is 43.5 Å². The molecule has 11 nitrogen and oxygen atoms in total. The first-order chi connectivity index (χ1) is 20.3. The van der Waals surface area contributed by atoms with Crippen LogP contribution in [-0.4, -0.2) is 129 Å². The monoisotopic (exact) mass is 601 g/mol. The van der Waals surface area contributed by atoms with E-state index in [2.05, 4.69) is 23.9 Å². The minimum Gasteiger partial charge on any atom is -0.458 e. The molecule has 3 fully saturated rings. The first kappa shape index (κ1) is 31.8. The fourth-order valence-electron chi connectivity index (χ4n) is 8.41. The van der Waals surface area contributed by atoms with Crippen molar-refractivity contribution in [2.24, 2.45) is 22.7 Å². The number of allylic oxidation sites excluding steroid dienone is 1. The normalized spacial score (nSPS) is 37.4. The molecule has 0 aromatic carbocycles. The summed E-state index contributed by atoms with van der Waals surface area (Å²) in [6, 6.07) is 0. The number of rotatable bonds is 8. The van der Waals surface area contributed by atoms with Crippen LogP contribution in [0.25, 0.3) is 0 Å². The van der Waals surface area contributed by atoms with Gasteiger partial charge in [0.25, 0.3) is 0 Å². The second-order valence-electron chi connectivity index (χ2n) is 13.7. The standard InChI is InChI=1S/C32H47N3O8/c1-19(36)42-22-16-31(2)21(8-9-23(31)37)25-27(22)32(3)24(18-41-6)43-30(40)20(26(32)29(39)28(25)38)17-35-14-12-34(13-15-35)11-7-10-33(4)5/h17,21-24,26,37H,7-16,18H2,1-6H3. The van der Waals surface area contributed by atoms with Crippen LogP contribution in [0.2, 0.25) is 0 Å². The summed E-state index contributed by atoms with van der Waals surface area (Å²) in [5.41, 5.74) is -0.892. The Bertz CT molecular complexity index is 1220. The van der Waals surface area contributed by atoms with E-state index in [1.807, 2.05) is 18.7 Å². The van der Waals surface area contributed by atoms with E-state index in [4.69, 9.17) is 14.2 Å². The lowest BCUT2D eigenvalue weighted by atomic mass is 9.50. The molecule has 0 amide bonds. The van der Waals surface area contributed by atoms with Gasteiger partial charge in [0.1, 0.15) is 12.2 Å². The van der Waals surface area contributed by atoms with E-state index < -0.39 is 58.6 Å². The van der Waals surface area contributed by atoms with Gasteiger partial charge in [0, 0.05) is 62.8 Å². The maximum absolute atomic E-state index is 14.2. The zero-order valence-corrected chi connectivity index (χ0v) is 26.4. The van der Waals surface area contributed by atoms with Crippen molar-refractivity contribution in [1.82, 2.24) is 14.7 Å². The van der Waals surface area contributed by atoms with Gasteiger partial charge >= 0.3 is 11.9 Å². The molecule has 0 aromatic rings. The number of aliphatic hydroxyl groups excluding tert-OH is 1. The molecule has 0 bridgehead atoms. The fraction of sp³-hybridized carbons (Fsp3) is 0.750. The number of cyclic esters (lactones) is 1. The minimum atomic E-state index is -1.18. The molecule has 7 atom stereocenters. The van der Waals surface area contributed by atoms with Gasteiger partial charge in [-0.05, 0) is 64.4 Å². The highest BCUT2D eigenvalue weighted by molar-refractivity contribution is 6.47. The van der Waals surface area contributed by atoms with Gasteiger partial charge in [0.2, 0.25) is 11.6 Å². The molecule has 0 aromatic heterocycles. The predicted molar refractivity (Wildman–Crippen MR) is 157 cm³/mol. The molecule has 1 N–H and O–H groups in total. The van der Waals surface area contributed by atoms with Gasteiger partial charge in [-0.1, -0.05) is 13.8 Å². The number of Topliss-reactive ketones (excluding diaryl/α,β-unsaturated/α-hetero) is 2. The van der Waals surface area contributed by atoms with Crippen molar-refractivity contribution in [1.29, 1.82) is 0 Å². The number of hydrogen-bond donors (Lipinski definition) is 1. The molecule has 0 spiro atoms. The Hall–Kier alpha value is -2.60. The summed E-state index contributed by atoms with van der Waals surface area (Å²) in [7, 11) is 5.62. The Kier molecular flexibility index (Phi) is 8.92. The van der Waals surface area contributed by atoms with E-state index in [0.717, 1.165) is 32.6 Å². The average Bonchev–Trinajstić information content (AvgIpc) is 3.23. The van der Waals surface area contributed by atoms with Gasteiger partial charge in [-0.2, -0.15) is 0 Å². The number of aliphatic hydroxyl groups is 1. The Morgan fingerprint density at radius 2 is 1.84 bits per heavy atom. The van der Waals surface area contributed by atoms with Crippen LogP contribution in [0.3, 0.4) is 0 Å². The molecule has 1 saturated carbocycles. The zero-order valence-electron chi connectivity index (χ0n) is 26.4. The molecule has 238 valence electrons. The molecule has 7 unspecified atom stereocenters. The molecule has 2 aliphatic heterocycles. The fourth-order valence-corrected chi connectivity index (χ4v) is 8.41. The third kappa shape index (κ3) is 5.47. The summed E-state index contributed by atoms with van der Waals surface area (Å²) in [6.07, 6.45) is 1.68. The average molecular weight is 602 g/mol. The summed E-state index contributed by atoms with van der Waals surface area (Å²) in [6.45, 7) is 10.1. The Morgan fingerprint density at radius 3 is 2.47 bits per heavy atom. The van der Waals surface area contributed by atoms with Crippen molar-refractivity contribution in [3.05, 3.63) is 22.9 Å². The summed E-state index contributed by atoms with van der Waals surface area (Å²) in [5.74, 6) is -3.93. The van der Waals surface area contributed by atoms with E-state index in [9.17, 15) is 24.3 Å². The number of nitrogens with zero attached hydrogens (tertiary/aromatic N) is 3. The van der Waals surface area contributed by atoms with Crippen LogP contribution in [0.15, 0.2) is 22.9 Å². The van der Waals surface area contributed by atoms with E-state index in [-0.39, 0.29) is 18.1 Å². The Balaban J connectivity index is 1.55. The number of ketones is 2. The van der Waals surface area contributed by atoms with Crippen LogP contribution in [0.5, 0.6) is 0 Å². The van der Waals surface area contributed by atoms with Crippen LogP contribution in [0.4, 0.5) is 0 Å². The summed E-state index contributed by atoms with van der Waals surface area (Å²) < 4.78 is 17.4. The van der Waals surface area contributed by atoms with E-state index in [1.165, 1.54) is 14.0 Å². The highest BCUT2D eigenvalue weighted by Crippen LogP contribution is 2.63. The van der Waals surface area contributed by atoms with Crippen molar-refractivity contribution >= 4 is 23.5 Å². The molecular weight excluding hydrogens is 554 g/mol. The van der Waals surface area contributed by atoms with Gasteiger partial charge < -0.3 is 29.1 Å². The van der Waals surface area contributed by atoms with Crippen molar-refractivity contribution in [3.63, 3.8) is 0 Å². The van der Waals surface area contributed by atoms with Crippen LogP contribution < -0.4 is 0 Å². The third-order valence-corrected chi connectivity index (χ3v) is 10.7. The zero-order chi connectivity index (χ0) is 31.3. The molecule has 2 heterocycles. The summed E-state index contributed by atoms with van der Waals surface area (Å²) in [4.78, 5) is 60.9. The lowest BCUT2D eigenvalue weighted by Crippen LogP contribution is -2.63. The lowest BCUT2D eigenvalue weighted by Gasteiger charge is -2.56. The second-order valence-corrected chi connectivity index (χ2v) is 13.7. The molecule has 11 heteroatoms. The number of fused-ring (bicyclic) bond motifs is 4. The number of piperazine rings is 1. The number of esters is 2. The third-order valence-electron chi connectivity index (χ3n) is 10.7. The van der Waals surface area contributed by atoms with E-state index in [1.54, 1.807) is 6.20 Å². The van der Waals surface area contributed by atoms with Gasteiger partial charge in [0.15, 0.2) is 0 Å². The maximum Gasteiger partial charge on any atom is 0.336 e. The van der Waals surface area contributed by atoms with Crippen molar-refractivity contribution in [2.75, 3.05) is 67.1 Å². The Labute approximate surface area is 254 Å². The first-order valence-corrected chi connectivity index (χ1v) is 15.5. The molecule has 5 rings (SSSR count). The van der Waals surface area contributed by atoms with E-state index >= 15 is 0 Å². The quantitative estimate of drug-likeness (QED) is 0.245. The lowest BCUT2D eigenvalue weighted by molar-refractivity contribution is -0.175. The highest BCUT2D eigenvalue weighted by Gasteiger charge is 2.67. The van der Waals surface area contributed by atoms with Gasteiger partial charge in [-0.15, -0.1) is 0 Å². The highest BCUT2D eigenvalue weighted by atomic mass is 16.6. The van der Waals surface area contributed by atoms with Crippen molar-refractivity contribution in [2.45, 2.75) is 64.8 Å². The number of methoxy groups -OCH3 is 1.